The summed E-state index contributed by atoms with van der Waals surface area (Å²) in [6.45, 7) is 2.43. The van der Waals surface area contributed by atoms with Crippen LogP contribution in [-0.2, 0) is 17.9 Å². The van der Waals surface area contributed by atoms with Gasteiger partial charge < -0.3 is 14.2 Å². The Bertz CT molecular complexity index is 1210. The summed E-state index contributed by atoms with van der Waals surface area (Å²) in [5, 5.41) is 12.6. The lowest BCUT2D eigenvalue weighted by Gasteiger charge is -2.20. The number of para-hydroxylation sites is 1. The molecule has 33 heavy (non-hydrogen) atoms. The number of rotatable bonds is 7. The van der Waals surface area contributed by atoms with Gasteiger partial charge in [0.15, 0.2) is 6.61 Å². The normalized spacial score (nSPS) is 14.4. The van der Waals surface area contributed by atoms with E-state index in [1.165, 1.54) is 12.8 Å². The molecule has 1 amide bonds. The lowest BCUT2D eigenvalue weighted by Crippen LogP contribution is -2.32. The molecular weight excluding hydrogens is 420 g/mol. The molecular formula is C24H26N6O3. The summed E-state index contributed by atoms with van der Waals surface area (Å²) in [7, 11) is 0. The van der Waals surface area contributed by atoms with Gasteiger partial charge in [-0.1, -0.05) is 41.4 Å². The number of aryl methyl sites for hydroxylation is 1. The van der Waals surface area contributed by atoms with Gasteiger partial charge in [-0.15, -0.1) is 5.10 Å². The first-order chi connectivity index (χ1) is 16.3. The van der Waals surface area contributed by atoms with Crippen LogP contribution in [0.15, 0.2) is 53.1 Å². The van der Waals surface area contributed by atoms with Crippen molar-refractivity contribution < 1.29 is 14.1 Å². The predicted octanol–water partition coefficient (Wildman–Crippen LogP) is 3.85. The van der Waals surface area contributed by atoms with Crippen molar-refractivity contribution in [2.75, 3.05) is 13.1 Å². The molecule has 1 fully saturated rings. The predicted molar refractivity (Wildman–Crippen MR) is 121 cm³/mol. The molecule has 1 saturated heterocycles. The molecule has 1 aliphatic rings. The number of carbonyl (C=O) groups is 1. The highest BCUT2D eigenvalue weighted by Gasteiger charge is 2.17. The van der Waals surface area contributed by atoms with Crippen LogP contribution in [0.5, 0.6) is 5.75 Å². The molecule has 170 valence electrons. The van der Waals surface area contributed by atoms with E-state index >= 15 is 0 Å². The molecule has 9 heteroatoms. The van der Waals surface area contributed by atoms with Gasteiger partial charge in [0.05, 0.1) is 12.1 Å². The summed E-state index contributed by atoms with van der Waals surface area (Å²) in [4.78, 5) is 19.0. The average molecular weight is 447 g/mol. The van der Waals surface area contributed by atoms with E-state index in [1.54, 1.807) is 4.68 Å². The van der Waals surface area contributed by atoms with Crippen molar-refractivity contribution in [3.63, 3.8) is 0 Å². The van der Waals surface area contributed by atoms with Gasteiger partial charge >= 0.3 is 0 Å². The Morgan fingerprint density at radius 2 is 1.85 bits per heavy atom. The smallest absolute Gasteiger partial charge is 0.264 e. The monoisotopic (exact) mass is 446 g/mol. The van der Waals surface area contributed by atoms with Crippen molar-refractivity contribution in [2.24, 2.45) is 0 Å². The van der Waals surface area contributed by atoms with Gasteiger partial charge in [-0.05, 0) is 43.2 Å². The lowest BCUT2D eigenvalue weighted by molar-refractivity contribution is -0.131. The number of hydrogen-bond acceptors (Lipinski definition) is 7. The average Bonchev–Trinajstić information content (AvgIpc) is 3.40. The maximum absolute atomic E-state index is 12.6. The van der Waals surface area contributed by atoms with Gasteiger partial charge in [0, 0.05) is 25.1 Å². The van der Waals surface area contributed by atoms with Crippen LogP contribution in [0, 0.1) is 0 Å². The minimum absolute atomic E-state index is 0.189. The van der Waals surface area contributed by atoms with Crippen molar-refractivity contribution in [1.29, 1.82) is 0 Å². The van der Waals surface area contributed by atoms with E-state index in [0.29, 0.717) is 24.7 Å². The number of likely N-dealkylation sites (tertiary alicyclic amines) is 1. The molecule has 0 saturated carbocycles. The summed E-state index contributed by atoms with van der Waals surface area (Å²) >= 11 is 0. The zero-order valence-electron chi connectivity index (χ0n) is 18.4. The number of fused-ring (bicyclic) bond motifs is 1. The van der Waals surface area contributed by atoms with E-state index in [0.717, 1.165) is 48.3 Å². The van der Waals surface area contributed by atoms with E-state index in [2.05, 4.69) is 20.5 Å². The fourth-order valence-electron chi connectivity index (χ4n) is 4.05. The number of benzene rings is 2. The van der Waals surface area contributed by atoms with Gasteiger partial charge in [0.25, 0.3) is 5.89 Å². The third-order valence-corrected chi connectivity index (χ3v) is 5.84. The van der Waals surface area contributed by atoms with Crippen LogP contribution >= 0.6 is 0 Å². The Morgan fingerprint density at radius 1 is 1.03 bits per heavy atom. The Balaban J connectivity index is 1.23. The minimum Gasteiger partial charge on any atom is -0.484 e. The van der Waals surface area contributed by atoms with Crippen LogP contribution in [-0.4, -0.2) is 49.0 Å². The second-order valence-corrected chi connectivity index (χ2v) is 8.17. The van der Waals surface area contributed by atoms with Crippen LogP contribution < -0.4 is 4.74 Å². The molecule has 5 rings (SSSR count). The lowest BCUT2D eigenvalue weighted by atomic mass is 10.2. The number of amides is 1. The Kier molecular flexibility index (Phi) is 6.27. The van der Waals surface area contributed by atoms with Crippen LogP contribution in [0.3, 0.4) is 0 Å². The van der Waals surface area contributed by atoms with Gasteiger partial charge in [-0.25, -0.2) is 4.68 Å². The topological polar surface area (TPSA) is 99.2 Å². The zero-order chi connectivity index (χ0) is 22.5. The molecule has 0 aliphatic carbocycles. The summed E-state index contributed by atoms with van der Waals surface area (Å²) < 4.78 is 12.8. The van der Waals surface area contributed by atoms with Crippen LogP contribution in [0.4, 0.5) is 0 Å². The molecule has 0 N–H and O–H groups in total. The number of nitrogens with zero attached hydrogens (tertiary/aromatic N) is 6. The van der Waals surface area contributed by atoms with Gasteiger partial charge in [0.1, 0.15) is 11.3 Å². The maximum Gasteiger partial charge on any atom is 0.264 e. The quantitative estimate of drug-likeness (QED) is 0.425. The Morgan fingerprint density at radius 3 is 2.67 bits per heavy atom. The first-order valence-corrected chi connectivity index (χ1v) is 11.4. The molecule has 0 spiro atoms. The van der Waals surface area contributed by atoms with Crippen LogP contribution in [0.25, 0.3) is 22.4 Å². The van der Waals surface area contributed by atoms with Crippen molar-refractivity contribution in [1.82, 2.24) is 30.0 Å². The first-order valence-electron chi connectivity index (χ1n) is 11.4. The van der Waals surface area contributed by atoms with E-state index < -0.39 is 0 Å². The largest absolute Gasteiger partial charge is 0.484 e. The standard InChI is InChI=1S/C24H26N6O3/c31-23(29-13-6-1-2-7-14-29)12-15-30-21-11-10-18(16-20(21)26-28-30)24-25-22(33-27-24)17-32-19-8-4-3-5-9-19/h3-5,8-11,16H,1-2,6-7,12-15,17H2. The molecule has 9 nitrogen and oxygen atoms in total. The van der Waals surface area contributed by atoms with Crippen molar-refractivity contribution in [2.45, 2.75) is 45.3 Å². The van der Waals surface area contributed by atoms with E-state index in [9.17, 15) is 4.79 Å². The highest BCUT2D eigenvalue weighted by Crippen LogP contribution is 2.22. The van der Waals surface area contributed by atoms with E-state index in [1.807, 2.05) is 53.4 Å². The van der Waals surface area contributed by atoms with Gasteiger partial charge in [-0.3, -0.25) is 4.79 Å². The summed E-state index contributed by atoms with van der Waals surface area (Å²) in [6, 6.07) is 15.2. The molecule has 2 aromatic heterocycles. The molecule has 3 heterocycles. The highest BCUT2D eigenvalue weighted by molar-refractivity contribution is 5.80. The third-order valence-electron chi connectivity index (χ3n) is 5.84. The number of hydrogen-bond donors (Lipinski definition) is 0. The van der Waals surface area contributed by atoms with E-state index in [-0.39, 0.29) is 12.5 Å². The second kappa shape index (κ2) is 9.81. The van der Waals surface area contributed by atoms with Crippen molar-refractivity contribution in [3.8, 4) is 17.1 Å². The van der Waals surface area contributed by atoms with E-state index in [4.69, 9.17) is 9.26 Å². The maximum atomic E-state index is 12.6. The van der Waals surface area contributed by atoms with Gasteiger partial charge in [-0.2, -0.15) is 4.98 Å². The number of aromatic nitrogens is 5. The Labute approximate surface area is 191 Å². The van der Waals surface area contributed by atoms with Crippen molar-refractivity contribution >= 4 is 16.9 Å². The van der Waals surface area contributed by atoms with Crippen LogP contribution in [0.1, 0.15) is 38.0 Å². The molecule has 0 bridgehead atoms. The molecule has 4 aromatic rings. The van der Waals surface area contributed by atoms with Crippen molar-refractivity contribution in [3.05, 3.63) is 54.4 Å². The summed E-state index contributed by atoms with van der Waals surface area (Å²) in [5.41, 5.74) is 2.38. The fraction of sp³-hybridized carbons (Fsp3) is 0.375. The highest BCUT2D eigenvalue weighted by atomic mass is 16.5. The molecule has 0 unspecified atom stereocenters. The summed E-state index contributed by atoms with van der Waals surface area (Å²) in [5.74, 6) is 1.79. The fourth-order valence-corrected chi connectivity index (χ4v) is 4.05. The third kappa shape index (κ3) is 5.02. The number of carbonyl (C=O) groups excluding carboxylic acids is 1. The molecule has 2 aromatic carbocycles. The molecule has 0 atom stereocenters. The minimum atomic E-state index is 0.189. The molecule has 1 aliphatic heterocycles. The first kappa shape index (κ1) is 21.1. The van der Waals surface area contributed by atoms with Crippen LogP contribution in [0.2, 0.25) is 0 Å². The van der Waals surface area contributed by atoms with Gasteiger partial charge in [0.2, 0.25) is 11.7 Å². The Hall–Kier alpha value is -3.75. The summed E-state index contributed by atoms with van der Waals surface area (Å²) in [6.07, 6.45) is 5.03. The second-order valence-electron chi connectivity index (χ2n) is 8.17. The molecule has 0 radical (unpaired) electrons. The zero-order valence-corrected chi connectivity index (χ0v) is 18.4. The number of ether oxygens (including phenoxy) is 1. The SMILES string of the molecule is O=C(CCn1nnc2cc(-c3noc(COc4ccccc4)n3)ccc21)N1CCCCCC1.